The van der Waals surface area contributed by atoms with Gasteiger partial charge in [0.15, 0.2) is 0 Å². The van der Waals surface area contributed by atoms with Gasteiger partial charge < -0.3 is 15.7 Å². The van der Waals surface area contributed by atoms with E-state index in [4.69, 9.17) is 0 Å². The van der Waals surface area contributed by atoms with Gasteiger partial charge in [-0.25, -0.2) is 0 Å². The lowest BCUT2D eigenvalue weighted by atomic mass is 9.95. The molecule has 1 rings (SSSR count). The van der Waals surface area contributed by atoms with Gasteiger partial charge in [-0.2, -0.15) is 12.6 Å². The van der Waals surface area contributed by atoms with Gasteiger partial charge in [0.05, 0.1) is 6.04 Å². The van der Waals surface area contributed by atoms with E-state index in [1.165, 1.54) is 0 Å². The van der Waals surface area contributed by atoms with Gasteiger partial charge in [-0.15, -0.1) is 0 Å². The van der Waals surface area contributed by atoms with E-state index in [9.17, 15) is 9.90 Å². The third kappa shape index (κ3) is 5.14. The zero-order valence-corrected chi connectivity index (χ0v) is 12.0. The maximum atomic E-state index is 11.9. The summed E-state index contributed by atoms with van der Waals surface area (Å²) >= 11 is 4.49. The van der Waals surface area contributed by atoms with Crippen molar-refractivity contribution in [3.8, 4) is 0 Å². The molecule has 4 unspecified atom stereocenters. The number of rotatable bonds is 6. The Labute approximate surface area is 115 Å². The lowest BCUT2D eigenvalue weighted by molar-refractivity contribution is -0.123. The van der Waals surface area contributed by atoms with Gasteiger partial charge in [-0.3, -0.25) is 10.1 Å². The lowest BCUT2D eigenvalue weighted by Gasteiger charge is -2.31. The van der Waals surface area contributed by atoms with Gasteiger partial charge in [0.2, 0.25) is 5.91 Å². The molecule has 1 aliphatic heterocycles. The molecule has 5 nitrogen and oxygen atoms in total. The van der Waals surface area contributed by atoms with Crippen molar-refractivity contribution in [2.45, 2.75) is 44.2 Å². The van der Waals surface area contributed by atoms with E-state index in [0.717, 1.165) is 13.0 Å². The number of carbonyl (C=O) groups excluding carboxylic acids is 1. The van der Waals surface area contributed by atoms with E-state index in [1.54, 1.807) is 0 Å². The molecule has 0 radical (unpaired) electrons. The highest BCUT2D eigenvalue weighted by molar-refractivity contribution is 7.81. The van der Waals surface area contributed by atoms with E-state index in [-0.39, 0.29) is 17.2 Å². The van der Waals surface area contributed by atoms with Gasteiger partial charge in [-0.05, 0) is 25.3 Å². The summed E-state index contributed by atoms with van der Waals surface area (Å²) in [6.07, 6.45) is 0.941. The fourth-order valence-corrected chi connectivity index (χ4v) is 2.23. The molecule has 1 saturated heterocycles. The summed E-state index contributed by atoms with van der Waals surface area (Å²) in [5, 5.41) is 18.6. The minimum atomic E-state index is -0.489. The molecule has 6 heteroatoms. The first kappa shape index (κ1) is 15.8. The van der Waals surface area contributed by atoms with Crippen molar-refractivity contribution in [1.29, 1.82) is 0 Å². The summed E-state index contributed by atoms with van der Waals surface area (Å²) in [4.78, 5) is 11.9. The number of nitrogens with one attached hydrogen (secondary N) is 3. The van der Waals surface area contributed by atoms with Gasteiger partial charge in [0.1, 0.15) is 6.23 Å². The second-order valence-corrected chi connectivity index (χ2v) is 5.57. The minimum Gasteiger partial charge on any atom is -0.379 e. The standard InChI is InChI=1S/C12H25N3O2S/c1-3-11(16)13-4-5-14-12(17)9-6-10(18)8(2)7-15-9/h8-11,13,15-16,18H,3-7H2,1-2H3,(H,14,17). The molecule has 1 amide bonds. The van der Waals surface area contributed by atoms with Crippen molar-refractivity contribution in [3.05, 3.63) is 0 Å². The number of hydrogen-bond donors (Lipinski definition) is 5. The van der Waals surface area contributed by atoms with Crippen LogP contribution in [-0.2, 0) is 4.79 Å². The fourth-order valence-electron chi connectivity index (χ4n) is 1.91. The number of thiol groups is 1. The van der Waals surface area contributed by atoms with Crippen LogP contribution in [0.1, 0.15) is 26.7 Å². The zero-order valence-electron chi connectivity index (χ0n) is 11.1. The van der Waals surface area contributed by atoms with E-state index in [1.807, 2.05) is 6.92 Å². The highest BCUT2D eigenvalue weighted by Crippen LogP contribution is 2.19. The summed E-state index contributed by atoms with van der Waals surface area (Å²) in [7, 11) is 0. The molecular formula is C12H25N3O2S. The highest BCUT2D eigenvalue weighted by atomic mass is 32.1. The second-order valence-electron chi connectivity index (χ2n) is 4.91. The number of aliphatic hydroxyl groups excluding tert-OH is 1. The van der Waals surface area contributed by atoms with Gasteiger partial charge in [0.25, 0.3) is 0 Å². The zero-order chi connectivity index (χ0) is 13.5. The number of aliphatic hydroxyl groups is 1. The second kappa shape index (κ2) is 7.99. The highest BCUT2D eigenvalue weighted by Gasteiger charge is 2.28. The van der Waals surface area contributed by atoms with Crippen LogP contribution < -0.4 is 16.0 Å². The van der Waals surface area contributed by atoms with Crippen LogP contribution in [0.5, 0.6) is 0 Å². The third-order valence-corrected chi connectivity index (χ3v) is 4.05. The quantitative estimate of drug-likeness (QED) is 0.263. The van der Waals surface area contributed by atoms with Crippen molar-refractivity contribution in [3.63, 3.8) is 0 Å². The number of amides is 1. The normalized spacial score (nSPS) is 29.9. The SMILES string of the molecule is CCC(O)NCCNC(=O)C1CC(S)C(C)CN1. The van der Waals surface area contributed by atoms with Gasteiger partial charge >= 0.3 is 0 Å². The molecule has 106 valence electrons. The Morgan fingerprint density at radius 2 is 2.28 bits per heavy atom. The van der Waals surface area contributed by atoms with E-state index >= 15 is 0 Å². The Morgan fingerprint density at radius 3 is 2.89 bits per heavy atom. The Hall–Kier alpha value is -0.300. The molecule has 0 aromatic heterocycles. The molecule has 0 aliphatic carbocycles. The van der Waals surface area contributed by atoms with Crippen LogP contribution >= 0.6 is 12.6 Å². The lowest BCUT2D eigenvalue weighted by Crippen LogP contribution is -2.52. The van der Waals surface area contributed by atoms with E-state index in [2.05, 4.69) is 35.5 Å². The first-order valence-electron chi connectivity index (χ1n) is 6.65. The molecule has 1 aliphatic rings. The Bertz CT molecular complexity index is 266. The van der Waals surface area contributed by atoms with Crippen LogP contribution in [0.2, 0.25) is 0 Å². The summed E-state index contributed by atoms with van der Waals surface area (Å²) in [5.74, 6) is 0.521. The minimum absolute atomic E-state index is 0.0220. The number of piperidine rings is 1. The average Bonchev–Trinajstić information content (AvgIpc) is 2.37. The molecule has 0 aromatic carbocycles. The largest absolute Gasteiger partial charge is 0.379 e. The van der Waals surface area contributed by atoms with Crippen molar-refractivity contribution in [1.82, 2.24) is 16.0 Å². The van der Waals surface area contributed by atoms with Crippen LogP contribution in [0.15, 0.2) is 0 Å². The maximum absolute atomic E-state index is 11.9. The fraction of sp³-hybridized carbons (Fsp3) is 0.917. The molecule has 0 bridgehead atoms. The molecule has 0 spiro atoms. The molecule has 4 N–H and O–H groups in total. The van der Waals surface area contributed by atoms with Crippen molar-refractivity contribution in [2.75, 3.05) is 19.6 Å². The molecule has 1 fully saturated rings. The van der Waals surface area contributed by atoms with Crippen LogP contribution in [0.25, 0.3) is 0 Å². The molecule has 18 heavy (non-hydrogen) atoms. The van der Waals surface area contributed by atoms with Crippen LogP contribution in [0.4, 0.5) is 0 Å². The Kier molecular flexibility index (Phi) is 6.99. The summed E-state index contributed by atoms with van der Waals surface area (Å²) in [5.41, 5.74) is 0. The summed E-state index contributed by atoms with van der Waals surface area (Å²) in [6.45, 7) is 5.97. The molecule has 0 aromatic rings. The number of carbonyl (C=O) groups is 1. The molecule has 0 saturated carbocycles. The Morgan fingerprint density at radius 1 is 1.56 bits per heavy atom. The Balaban J connectivity index is 2.17. The van der Waals surface area contributed by atoms with Gasteiger partial charge in [0, 0.05) is 18.3 Å². The predicted octanol–water partition coefficient (Wildman–Crippen LogP) is -0.283. The summed E-state index contributed by atoms with van der Waals surface area (Å²) in [6, 6.07) is -0.139. The van der Waals surface area contributed by atoms with Crippen molar-refractivity contribution < 1.29 is 9.90 Å². The third-order valence-electron chi connectivity index (χ3n) is 3.33. The van der Waals surface area contributed by atoms with E-state index in [0.29, 0.717) is 25.4 Å². The van der Waals surface area contributed by atoms with Crippen LogP contribution in [-0.4, -0.2) is 48.2 Å². The van der Waals surface area contributed by atoms with E-state index < -0.39 is 6.23 Å². The maximum Gasteiger partial charge on any atom is 0.237 e. The van der Waals surface area contributed by atoms with Crippen molar-refractivity contribution in [2.24, 2.45) is 5.92 Å². The first-order valence-corrected chi connectivity index (χ1v) is 7.16. The average molecular weight is 275 g/mol. The van der Waals surface area contributed by atoms with Crippen molar-refractivity contribution >= 4 is 18.5 Å². The van der Waals surface area contributed by atoms with Gasteiger partial charge in [-0.1, -0.05) is 13.8 Å². The monoisotopic (exact) mass is 275 g/mol. The summed E-state index contributed by atoms with van der Waals surface area (Å²) < 4.78 is 0. The van der Waals surface area contributed by atoms with Crippen LogP contribution in [0, 0.1) is 5.92 Å². The first-order chi connectivity index (χ1) is 8.54. The smallest absolute Gasteiger partial charge is 0.237 e. The molecular weight excluding hydrogens is 250 g/mol. The molecule has 4 atom stereocenters. The molecule has 1 heterocycles. The topological polar surface area (TPSA) is 73.4 Å². The van der Waals surface area contributed by atoms with Crippen LogP contribution in [0.3, 0.4) is 0 Å². The predicted molar refractivity (Wildman–Crippen MR) is 75.7 cm³/mol. The number of hydrogen-bond acceptors (Lipinski definition) is 5.